The van der Waals surface area contributed by atoms with Crippen LogP contribution in [0.2, 0.25) is 0 Å². The minimum atomic E-state index is -0.720. The van der Waals surface area contributed by atoms with Crippen LogP contribution in [0.4, 0.5) is 0 Å². The fourth-order valence-electron chi connectivity index (χ4n) is 1.98. The van der Waals surface area contributed by atoms with Crippen LogP contribution >= 0.6 is 0 Å². The third-order valence-electron chi connectivity index (χ3n) is 3.23. The van der Waals surface area contributed by atoms with Crippen molar-refractivity contribution in [3.8, 4) is 0 Å². The molecular formula is C16H25NO2. The van der Waals surface area contributed by atoms with Crippen LogP contribution in [0.1, 0.15) is 32.8 Å². The van der Waals surface area contributed by atoms with E-state index in [0.717, 1.165) is 19.5 Å². The Kier molecular flexibility index (Phi) is 6.57. The van der Waals surface area contributed by atoms with Gasteiger partial charge >= 0.3 is 5.97 Å². The second kappa shape index (κ2) is 7.95. The zero-order valence-corrected chi connectivity index (χ0v) is 12.2. The molecule has 1 aromatic rings. The largest absolute Gasteiger partial charge is 0.481 e. The van der Waals surface area contributed by atoms with E-state index >= 15 is 0 Å². The first-order chi connectivity index (χ1) is 8.99. The lowest BCUT2D eigenvalue weighted by Crippen LogP contribution is -2.32. The smallest absolute Gasteiger partial charge is 0.307 e. The Hall–Kier alpha value is -1.35. The summed E-state index contributed by atoms with van der Waals surface area (Å²) in [6, 6.07) is 10.2. The van der Waals surface area contributed by atoms with Crippen LogP contribution in [0.15, 0.2) is 30.3 Å². The van der Waals surface area contributed by atoms with Crippen LogP contribution in [0, 0.1) is 11.8 Å². The van der Waals surface area contributed by atoms with Crippen molar-refractivity contribution >= 4 is 5.97 Å². The predicted octanol–water partition coefficient (Wildman–Crippen LogP) is 3.26. The molecule has 0 aromatic heterocycles. The number of aliphatic carboxylic acids is 1. The van der Waals surface area contributed by atoms with Gasteiger partial charge in [0.05, 0.1) is 5.92 Å². The molecule has 0 saturated heterocycles. The molecular weight excluding hydrogens is 238 g/mol. The maximum absolute atomic E-state index is 11.0. The molecule has 106 valence electrons. The SMILES string of the molecule is CC(C)CCN(Cc1ccccc1)CC(C)C(=O)O. The molecule has 0 radical (unpaired) electrons. The minimum Gasteiger partial charge on any atom is -0.481 e. The standard InChI is InChI=1S/C16H25NO2/c1-13(2)9-10-17(11-14(3)16(18)19)12-15-7-5-4-6-8-15/h4-8,13-14H,9-12H2,1-3H3,(H,18,19). The maximum atomic E-state index is 11.0. The maximum Gasteiger partial charge on any atom is 0.307 e. The first-order valence-electron chi connectivity index (χ1n) is 6.98. The van der Waals surface area contributed by atoms with Gasteiger partial charge in [-0.1, -0.05) is 51.1 Å². The van der Waals surface area contributed by atoms with E-state index < -0.39 is 5.97 Å². The van der Waals surface area contributed by atoms with Gasteiger partial charge in [-0.15, -0.1) is 0 Å². The second-order valence-corrected chi connectivity index (χ2v) is 5.64. The van der Waals surface area contributed by atoms with E-state index in [-0.39, 0.29) is 5.92 Å². The van der Waals surface area contributed by atoms with Crippen molar-refractivity contribution in [1.29, 1.82) is 0 Å². The lowest BCUT2D eigenvalue weighted by Gasteiger charge is -2.25. The summed E-state index contributed by atoms with van der Waals surface area (Å²) in [4.78, 5) is 13.2. The molecule has 0 fully saturated rings. The van der Waals surface area contributed by atoms with Gasteiger partial charge in [0.15, 0.2) is 0 Å². The Balaban J connectivity index is 2.60. The summed E-state index contributed by atoms with van der Waals surface area (Å²) in [5.41, 5.74) is 1.24. The van der Waals surface area contributed by atoms with Crippen molar-refractivity contribution in [2.75, 3.05) is 13.1 Å². The summed E-state index contributed by atoms with van der Waals surface area (Å²) < 4.78 is 0. The van der Waals surface area contributed by atoms with Crippen LogP contribution in [0.3, 0.4) is 0 Å². The number of carbonyl (C=O) groups is 1. The summed E-state index contributed by atoms with van der Waals surface area (Å²) >= 11 is 0. The Bertz CT molecular complexity index is 376. The highest BCUT2D eigenvalue weighted by atomic mass is 16.4. The van der Waals surface area contributed by atoms with Gasteiger partial charge in [0, 0.05) is 13.1 Å². The average Bonchev–Trinajstić information content (AvgIpc) is 2.37. The minimum absolute atomic E-state index is 0.323. The second-order valence-electron chi connectivity index (χ2n) is 5.64. The average molecular weight is 263 g/mol. The van der Waals surface area contributed by atoms with Gasteiger partial charge in [0.1, 0.15) is 0 Å². The number of nitrogens with zero attached hydrogens (tertiary/aromatic N) is 1. The van der Waals surface area contributed by atoms with Crippen molar-refractivity contribution in [3.63, 3.8) is 0 Å². The summed E-state index contributed by atoms with van der Waals surface area (Å²) in [6.07, 6.45) is 1.10. The fraction of sp³-hybridized carbons (Fsp3) is 0.562. The first-order valence-corrected chi connectivity index (χ1v) is 6.98. The van der Waals surface area contributed by atoms with Crippen LogP contribution in [-0.2, 0) is 11.3 Å². The van der Waals surface area contributed by atoms with Gasteiger partial charge in [-0.25, -0.2) is 0 Å². The van der Waals surface area contributed by atoms with Crippen LogP contribution in [-0.4, -0.2) is 29.1 Å². The summed E-state index contributed by atoms with van der Waals surface area (Å²) in [6.45, 7) is 8.55. The highest BCUT2D eigenvalue weighted by Crippen LogP contribution is 2.10. The van der Waals surface area contributed by atoms with Gasteiger partial charge < -0.3 is 5.11 Å². The molecule has 1 atom stereocenters. The van der Waals surface area contributed by atoms with E-state index in [9.17, 15) is 4.79 Å². The Morgan fingerprint density at radius 1 is 1.21 bits per heavy atom. The lowest BCUT2D eigenvalue weighted by molar-refractivity contribution is -0.141. The zero-order chi connectivity index (χ0) is 14.3. The summed E-state index contributed by atoms with van der Waals surface area (Å²) in [5, 5.41) is 9.05. The van der Waals surface area contributed by atoms with Crippen LogP contribution in [0.5, 0.6) is 0 Å². The molecule has 0 amide bonds. The van der Waals surface area contributed by atoms with Gasteiger partial charge in [0.25, 0.3) is 0 Å². The van der Waals surface area contributed by atoms with E-state index in [1.807, 2.05) is 18.2 Å². The molecule has 0 saturated carbocycles. The van der Waals surface area contributed by atoms with E-state index in [1.165, 1.54) is 5.56 Å². The first kappa shape index (κ1) is 15.7. The molecule has 1 aromatic carbocycles. The topological polar surface area (TPSA) is 40.5 Å². The zero-order valence-electron chi connectivity index (χ0n) is 12.2. The molecule has 1 unspecified atom stereocenters. The highest BCUT2D eigenvalue weighted by Gasteiger charge is 2.16. The van der Waals surface area contributed by atoms with Gasteiger partial charge in [-0.05, 0) is 24.4 Å². The predicted molar refractivity (Wildman–Crippen MR) is 78.0 cm³/mol. The molecule has 3 nitrogen and oxygen atoms in total. The number of benzene rings is 1. The van der Waals surface area contributed by atoms with Crippen molar-refractivity contribution in [2.45, 2.75) is 33.7 Å². The quantitative estimate of drug-likeness (QED) is 0.782. The molecule has 3 heteroatoms. The molecule has 1 N–H and O–H groups in total. The van der Waals surface area contributed by atoms with E-state index in [0.29, 0.717) is 12.5 Å². The van der Waals surface area contributed by atoms with Crippen LogP contribution < -0.4 is 0 Å². The van der Waals surface area contributed by atoms with E-state index in [1.54, 1.807) is 6.92 Å². The number of carboxylic acids is 1. The number of hydrogen-bond acceptors (Lipinski definition) is 2. The van der Waals surface area contributed by atoms with E-state index in [2.05, 4.69) is 30.9 Å². The third-order valence-corrected chi connectivity index (χ3v) is 3.23. The molecule has 1 rings (SSSR count). The van der Waals surface area contributed by atoms with Crippen molar-refractivity contribution < 1.29 is 9.90 Å². The number of rotatable bonds is 8. The Labute approximate surface area is 116 Å². The van der Waals surface area contributed by atoms with Gasteiger partial charge in [-0.3, -0.25) is 9.69 Å². The Morgan fingerprint density at radius 2 is 1.84 bits per heavy atom. The number of carboxylic acid groups (broad SMARTS) is 1. The van der Waals surface area contributed by atoms with Crippen LogP contribution in [0.25, 0.3) is 0 Å². The lowest BCUT2D eigenvalue weighted by atomic mass is 10.1. The van der Waals surface area contributed by atoms with Gasteiger partial charge in [0.2, 0.25) is 0 Å². The molecule has 0 aliphatic carbocycles. The molecule has 0 spiro atoms. The fourth-order valence-corrected chi connectivity index (χ4v) is 1.98. The van der Waals surface area contributed by atoms with Crippen molar-refractivity contribution in [1.82, 2.24) is 4.90 Å². The third kappa shape index (κ3) is 6.39. The van der Waals surface area contributed by atoms with E-state index in [4.69, 9.17) is 5.11 Å². The monoisotopic (exact) mass is 263 g/mol. The Morgan fingerprint density at radius 3 is 2.37 bits per heavy atom. The van der Waals surface area contributed by atoms with Gasteiger partial charge in [-0.2, -0.15) is 0 Å². The molecule has 0 bridgehead atoms. The summed E-state index contributed by atoms with van der Waals surface area (Å²) in [5.74, 6) is -0.406. The van der Waals surface area contributed by atoms with Crippen molar-refractivity contribution in [3.05, 3.63) is 35.9 Å². The summed E-state index contributed by atoms with van der Waals surface area (Å²) in [7, 11) is 0. The molecule has 0 aliphatic rings. The number of hydrogen-bond donors (Lipinski definition) is 1. The molecule has 0 aliphatic heterocycles. The normalized spacial score (nSPS) is 12.9. The van der Waals surface area contributed by atoms with Crippen molar-refractivity contribution in [2.24, 2.45) is 11.8 Å². The molecule has 19 heavy (non-hydrogen) atoms. The molecule has 0 heterocycles. The highest BCUT2D eigenvalue weighted by molar-refractivity contribution is 5.69.